The van der Waals surface area contributed by atoms with Gasteiger partial charge in [-0.25, -0.2) is 0 Å². The van der Waals surface area contributed by atoms with Crippen LogP contribution in [0.5, 0.6) is 0 Å². The Morgan fingerprint density at radius 1 is 1.69 bits per heavy atom. The van der Waals surface area contributed by atoms with E-state index in [1.165, 1.54) is 0 Å². The summed E-state index contributed by atoms with van der Waals surface area (Å²) in [6, 6.07) is 1.99. The predicted molar refractivity (Wildman–Crippen MR) is 67.6 cm³/mol. The topological polar surface area (TPSA) is 70.3 Å². The van der Waals surface area contributed by atoms with Gasteiger partial charge in [0.1, 0.15) is 10.7 Å². The molecular formula is C10H15NO3S2. The van der Waals surface area contributed by atoms with Crippen molar-refractivity contribution in [3.63, 3.8) is 0 Å². The first-order valence-electron chi connectivity index (χ1n) is 4.76. The molecule has 0 amide bonds. The molecule has 4 nitrogen and oxygen atoms in total. The van der Waals surface area contributed by atoms with Gasteiger partial charge in [-0.1, -0.05) is 0 Å². The molecule has 0 aromatic heterocycles. The largest absolute Gasteiger partial charge is 0.483 e. The molecule has 0 heterocycles. The summed E-state index contributed by atoms with van der Waals surface area (Å²) >= 11 is 8.89. The van der Waals surface area contributed by atoms with Crippen LogP contribution < -0.4 is 0 Å². The van der Waals surface area contributed by atoms with Crippen molar-refractivity contribution in [2.45, 2.75) is 38.5 Å². The Labute approximate surface area is 106 Å². The Hall–Kier alpha value is -0.800. The van der Waals surface area contributed by atoms with E-state index in [-0.39, 0.29) is 17.6 Å². The average Bonchev–Trinajstić information content (AvgIpc) is 2.16. The van der Waals surface area contributed by atoms with Crippen molar-refractivity contribution < 1.29 is 14.6 Å². The number of thiol groups is 1. The molecule has 0 bridgehead atoms. The molecule has 6 heteroatoms. The summed E-state index contributed by atoms with van der Waals surface area (Å²) in [6.07, 6.45) is -0.114. The molecule has 0 aliphatic heterocycles. The lowest BCUT2D eigenvalue weighted by Crippen LogP contribution is -2.33. The van der Waals surface area contributed by atoms with E-state index in [0.717, 1.165) is 0 Å². The molecule has 0 aliphatic rings. The second-order valence-electron chi connectivity index (χ2n) is 3.96. The van der Waals surface area contributed by atoms with E-state index in [4.69, 9.17) is 27.3 Å². The summed E-state index contributed by atoms with van der Waals surface area (Å²) in [5, 5.41) is 17.0. The number of nitriles is 1. The number of carbonyl (C=O) groups is 1. The van der Waals surface area contributed by atoms with Crippen molar-refractivity contribution >= 4 is 35.9 Å². The van der Waals surface area contributed by atoms with Crippen molar-refractivity contribution in [2.75, 3.05) is 0 Å². The lowest BCUT2D eigenvalue weighted by atomic mass is 9.87. The first-order valence-corrected chi connectivity index (χ1v) is 5.68. The average molecular weight is 261 g/mol. The van der Waals surface area contributed by atoms with Crippen LogP contribution >= 0.6 is 24.8 Å². The Kier molecular flexibility index (Phi) is 5.76. The smallest absolute Gasteiger partial charge is 0.316 e. The summed E-state index contributed by atoms with van der Waals surface area (Å²) in [5.41, 5.74) is -1.11. The molecule has 0 aliphatic carbocycles. The van der Waals surface area contributed by atoms with E-state index in [0.29, 0.717) is 0 Å². The second kappa shape index (κ2) is 6.06. The zero-order valence-electron chi connectivity index (χ0n) is 9.43. The van der Waals surface area contributed by atoms with Crippen LogP contribution in [-0.4, -0.2) is 27.5 Å². The van der Waals surface area contributed by atoms with Crippen LogP contribution in [0.25, 0.3) is 0 Å². The molecule has 16 heavy (non-hydrogen) atoms. The summed E-state index contributed by atoms with van der Waals surface area (Å²) in [4.78, 5) is 10.7. The quantitative estimate of drug-likeness (QED) is 0.585. The summed E-state index contributed by atoms with van der Waals surface area (Å²) in [6.45, 7) is 5.14. The van der Waals surface area contributed by atoms with Crippen molar-refractivity contribution in [1.29, 1.82) is 5.26 Å². The highest BCUT2D eigenvalue weighted by atomic mass is 32.1. The van der Waals surface area contributed by atoms with Crippen LogP contribution in [0.4, 0.5) is 0 Å². The number of rotatable bonds is 5. The number of thiocarbonyl (C=S) groups is 1. The van der Waals surface area contributed by atoms with Crippen LogP contribution in [0.1, 0.15) is 27.2 Å². The molecule has 2 atom stereocenters. The van der Waals surface area contributed by atoms with Gasteiger partial charge < -0.3 is 9.84 Å². The zero-order valence-corrected chi connectivity index (χ0v) is 11.1. The normalized spacial score (nSPS) is 16.0. The Balaban J connectivity index is 4.73. The highest BCUT2D eigenvalue weighted by molar-refractivity contribution is 7.81. The van der Waals surface area contributed by atoms with Gasteiger partial charge in [-0.3, -0.25) is 4.79 Å². The maximum Gasteiger partial charge on any atom is 0.316 e. The number of nitrogens with zero attached hydrogens (tertiary/aromatic N) is 1. The molecule has 90 valence electrons. The third-order valence-corrected chi connectivity index (χ3v) is 2.88. The third kappa shape index (κ3) is 4.37. The fourth-order valence-corrected chi connectivity index (χ4v) is 1.68. The lowest BCUT2D eigenvalue weighted by molar-refractivity contribution is -0.136. The number of hydrogen-bond acceptors (Lipinski definition) is 5. The molecular weight excluding hydrogens is 246 g/mol. The van der Waals surface area contributed by atoms with Crippen LogP contribution in [0.3, 0.4) is 0 Å². The molecule has 0 saturated carbocycles. The van der Waals surface area contributed by atoms with Gasteiger partial charge in [0.2, 0.25) is 0 Å². The van der Waals surface area contributed by atoms with Gasteiger partial charge >= 0.3 is 5.97 Å². The first-order chi connectivity index (χ1) is 7.23. The maximum absolute atomic E-state index is 10.7. The summed E-state index contributed by atoms with van der Waals surface area (Å²) in [5.74, 6) is -1.07. The fourth-order valence-electron chi connectivity index (χ4n) is 0.993. The minimum atomic E-state index is -1.11. The number of ether oxygens (including phenoxy) is 1. The minimum Gasteiger partial charge on any atom is -0.483 e. The van der Waals surface area contributed by atoms with E-state index in [2.05, 4.69) is 12.6 Å². The predicted octanol–water partition coefficient (Wildman–Crippen LogP) is 2.04. The van der Waals surface area contributed by atoms with Crippen LogP contribution in [-0.2, 0) is 9.53 Å². The van der Waals surface area contributed by atoms with E-state index < -0.39 is 16.6 Å². The van der Waals surface area contributed by atoms with Crippen LogP contribution in [0, 0.1) is 16.7 Å². The molecule has 0 aromatic rings. The standard InChI is InChI=1S/C10H15NO3S2/c1-6(2)14-9(16)10(3,5-11)4-7(15)8(12)13/h6-7,15H,4H2,1-3H3,(H,12,13). The SMILES string of the molecule is CC(C)OC(=S)C(C)(C#N)CC(S)C(=O)O. The first kappa shape index (κ1) is 15.2. The van der Waals surface area contributed by atoms with Gasteiger partial charge in [-0.2, -0.15) is 17.9 Å². The van der Waals surface area contributed by atoms with Crippen molar-refractivity contribution in [1.82, 2.24) is 0 Å². The highest BCUT2D eigenvalue weighted by Crippen LogP contribution is 2.28. The second-order valence-corrected chi connectivity index (χ2v) is 4.95. The number of carboxylic acid groups (broad SMARTS) is 1. The van der Waals surface area contributed by atoms with Crippen molar-refractivity contribution in [2.24, 2.45) is 5.41 Å². The summed E-state index contributed by atoms with van der Waals surface area (Å²) < 4.78 is 5.27. The van der Waals surface area contributed by atoms with Gasteiger partial charge in [-0.05, 0) is 39.4 Å². The van der Waals surface area contributed by atoms with Crippen LogP contribution in [0.2, 0.25) is 0 Å². The van der Waals surface area contributed by atoms with Crippen molar-refractivity contribution in [3.8, 4) is 6.07 Å². The summed E-state index contributed by atoms with van der Waals surface area (Å²) in [7, 11) is 0. The Morgan fingerprint density at radius 2 is 2.19 bits per heavy atom. The fraction of sp³-hybridized carbons (Fsp3) is 0.700. The molecule has 2 unspecified atom stereocenters. The lowest BCUT2D eigenvalue weighted by Gasteiger charge is -2.25. The van der Waals surface area contributed by atoms with E-state index in [1.54, 1.807) is 20.8 Å². The molecule has 0 aromatic carbocycles. The number of carboxylic acids is 1. The van der Waals surface area contributed by atoms with Gasteiger partial charge in [0.15, 0.2) is 5.05 Å². The molecule has 0 saturated heterocycles. The molecule has 0 rings (SSSR count). The third-order valence-electron chi connectivity index (χ3n) is 1.93. The number of aliphatic carboxylic acids is 1. The Bertz CT molecular complexity index is 325. The van der Waals surface area contributed by atoms with Crippen molar-refractivity contribution in [3.05, 3.63) is 0 Å². The number of hydrogen-bond donors (Lipinski definition) is 2. The minimum absolute atomic E-state index is 0.0213. The van der Waals surface area contributed by atoms with Gasteiger partial charge in [0.05, 0.1) is 12.2 Å². The van der Waals surface area contributed by atoms with E-state index in [1.807, 2.05) is 6.07 Å². The van der Waals surface area contributed by atoms with E-state index >= 15 is 0 Å². The van der Waals surface area contributed by atoms with Gasteiger partial charge in [0, 0.05) is 0 Å². The van der Waals surface area contributed by atoms with E-state index in [9.17, 15) is 4.79 Å². The Morgan fingerprint density at radius 3 is 2.50 bits per heavy atom. The van der Waals surface area contributed by atoms with Crippen LogP contribution in [0.15, 0.2) is 0 Å². The van der Waals surface area contributed by atoms with Gasteiger partial charge in [0.25, 0.3) is 0 Å². The maximum atomic E-state index is 10.7. The highest BCUT2D eigenvalue weighted by Gasteiger charge is 2.36. The molecule has 0 fully saturated rings. The van der Waals surface area contributed by atoms with Gasteiger partial charge in [-0.15, -0.1) is 0 Å². The molecule has 0 spiro atoms. The molecule has 1 N–H and O–H groups in total. The molecule has 0 radical (unpaired) electrons. The monoisotopic (exact) mass is 261 g/mol. The zero-order chi connectivity index (χ0) is 12.9.